The third-order valence-corrected chi connectivity index (χ3v) is 4.54. The van der Waals surface area contributed by atoms with Crippen LogP contribution in [0.15, 0.2) is 41.6 Å². The Hall–Kier alpha value is -1.98. The molecule has 118 valence electrons. The topological polar surface area (TPSA) is 57.8 Å². The number of hydrogen-bond donors (Lipinski definition) is 2. The van der Waals surface area contributed by atoms with E-state index in [1.54, 1.807) is 12.1 Å². The Bertz CT molecular complexity index is 875. The van der Waals surface area contributed by atoms with Gasteiger partial charge in [0.05, 0.1) is 16.8 Å². The summed E-state index contributed by atoms with van der Waals surface area (Å²) in [6.45, 7) is 3.97. The molecule has 0 unspecified atom stereocenters. The van der Waals surface area contributed by atoms with Gasteiger partial charge in [-0.15, -0.1) is 0 Å². The number of benzene rings is 2. The van der Waals surface area contributed by atoms with Crippen molar-refractivity contribution in [3.8, 4) is 0 Å². The van der Waals surface area contributed by atoms with E-state index < -0.39 is 0 Å². The van der Waals surface area contributed by atoms with Crippen molar-refractivity contribution in [3.63, 3.8) is 0 Å². The molecule has 4 nitrogen and oxygen atoms in total. The van der Waals surface area contributed by atoms with Crippen molar-refractivity contribution in [3.05, 3.63) is 52.5 Å². The number of hydrogen-bond acceptors (Lipinski definition) is 3. The highest BCUT2D eigenvalue weighted by molar-refractivity contribution is 7.99. The molecule has 0 aliphatic carbocycles. The Kier molecular flexibility index (Phi) is 4.59. The van der Waals surface area contributed by atoms with Crippen LogP contribution in [0.4, 0.5) is 5.69 Å². The Balaban J connectivity index is 1.64. The SMILES string of the molecule is Cc1ccc2nc(SCC(=O)Nc3cc(Cl)ccc3C)[nH]c2c1. The maximum atomic E-state index is 12.1. The van der Waals surface area contributed by atoms with Crippen LogP contribution in [-0.2, 0) is 4.79 Å². The van der Waals surface area contributed by atoms with Gasteiger partial charge in [-0.2, -0.15) is 0 Å². The number of imidazole rings is 1. The molecule has 0 saturated heterocycles. The quantitative estimate of drug-likeness (QED) is 0.681. The molecule has 0 spiro atoms. The number of amides is 1. The van der Waals surface area contributed by atoms with Gasteiger partial charge < -0.3 is 10.3 Å². The van der Waals surface area contributed by atoms with Crippen molar-refractivity contribution in [2.75, 3.05) is 11.1 Å². The smallest absolute Gasteiger partial charge is 0.234 e. The van der Waals surface area contributed by atoms with Crippen LogP contribution in [0.25, 0.3) is 11.0 Å². The van der Waals surface area contributed by atoms with Crippen LogP contribution in [-0.4, -0.2) is 21.6 Å². The predicted octanol–water partition coefficient (Wildman–Crippen LogP) is 4.56. The third-order valence-electron chi connectivity index (χ3n) is 3.43. The summed E-state index contributed by atoms with van der Waals surface area (Å²) in [6, 6.07) is 11.5. The standard InChI is InChI=1S/C17H16ClN3OS/c1-10-3-6-13-15(7-10)21-17(20-13)23-9-16(22)19-14-8-12(18)5-4-11(14)2/h3-8H,9H2,1-2H3,(H,19,22)(H,20,21). The van der Waals surface area contributed by atoms with Gasteiger partial charge in [-0.1, -0.05) is 35.5 Å². The second kappa shape index (κ2) is 6.64. The molecule has 2 aromatic carbocycles. The molecule has 0 atom stereocenters. The lowest BCUT2D eigenvalue weighted by atomic mass is 10.2. The Morgan fingerprint density at radius 1 is 1.26 bits per heavy atom. The molecule has 0 aliphatic heterocycles. The molecule has 1 heterocycles. The predicted molar refractivity (Wildman–Crippen MR) is 96.4 cm³/mol. The van der Waals surface area contributed by atoms with E-state index in [4.69, 9.17) is 11.6 Å². The summed E-state index contributed by atoms with van der Waals surface area (Å²) in [5.74, 6) is 0.196. The van der Waals surface area contributed by atoms with Crippen LogP contribution in [0.1, 0.15) is 11.1 Å². The lowest BCUT2D eigenvalue weighted by molar-refractivity contribution is -0.113. The first-order valence-electron chi connectivity index (χ1n) is 7.16. The zero-order valence-corrected chi connectivity index (χ0v) is 14.4. The van der Waals surface area contributed by atoms with Gasteiger partial charge in [0.15, 0.2) is 5.16 Å². The molecule has 1 aromatic heterocycles. The molecule has 23 heavy (non-hydrogen) atoms. The molecule has 0 aliphatic rings. The minimum atomic E-state index is -0.0861. The van der Waals surface area contributed by atoms with Gasteiger partial charge in [-0.05, 0) is 49.2 Å². The molecular weight excluding hydrogens is 330 g/mol. The van der Waals surface area contributed by atoms with Crippen molar-refractivity contribution < 1.29 is 4.79 Å². The molecule has 1 amide bonds. The molecular formula is C17H16ClN3OS. The number of fused-ring (bicyclic) bond motifs is 1. The second-order valence-corrected chi connectivity index (χ2v) is 6.76. The first-order chi connectivity index (χ1) is 11.0. The molecule has 3 aromatic rings. The molecule has 0 saturated carbocycles. The number of carbonyl (C=O) groups excluding carboxylic acids is 1. The first-order valence-corrected chi connectivity index (χ1v) is 8.53. The number of nitrogens with zero attached hydrogens (tertiary/aromatic N) is 1. The van der Waals surface area contributed by atoms with E-state index in [0.29, 0.717) is 5.02 Å². The van der Waals surface area contributed by atoms with Crippen LogP contribution in [0.5, 0.6) is 0 Å². The van der Waals surface area contributed by atoms with Gasteiger partial charge in [0.1, 0.15) is 0 Å². The Labute approximate surface area is 143 Å². The van der Waals surface area contributed by atoms with Gasteiger partial charge in [0.25, 0.3) is 0 Å². The summed E-state index contributed by atoms with van der Waals surface area (Å²) in [6.07, 6.45) is 0. The van der Waals surface area contributed by atoms with Crippen LogP contribution in [0.3, 0.4) is 0 Å². The molecule has 2 N–H and O–H groups in total. The first kappa shape index (κ1) is 15.9. The molecule has 6 heteroatoms. The number of aromatic amines is 1. The van der Waals surface area contributed by atoms with Gasteiger partial charge in [-0.25, -0.2) is 4.98 Å². The highest BCUT2D eigenvalue weighted by atomic mass is 35.5. The number of carbonyl (C=O) groups is 1. The van der Waals surface area contributed by atoms with Gasteiger partial charge in [-0.3, -0.25) is 4.79 Å². The summed E-state index contributed by atoms with van der Waals surface area (Å²) < 4.78 is 0. The van der Waals surface area contributed by atoms with Crippen molar-refractivity contribution >= 4 is 46.0 Å². The molecule has 3 rings (SSSR count). The number of halogens is 1. The second-order valence-electron chi connectivity index (χ2n) is 5.36. The average molecular weight is 346 g/mol. The number of rotatable bonds is 4. The average Bonchev–Trinajstić information content (AvgIpc) is 2.91. The lowest BCUT2D eigenvalue weighted by Crippen LogP contribution is -2.14. The number of aromatic nitrogens is 2. The lowest BCUT2D eigenvalue weighted by Gasteiger charge is -2.08. The van der Waals surface area contributed by atoms with E-state index in [1.807, 2.05) is 38.1 Å². The number of thioether (sulfide) groups is 1. The zero-order chi connectivity index (χ0) is 16.4. The minimum Gasteiger partial charge on any atom is -0.333 e. The number of anilines is 1. The summed E-state index contributed by atoms with van der Waals surface area (Å²) in [5, 5.41) is 4.22. The summed E-state index contributed by atoms with van der Waals surface area (Å²) in [4.78, 5) is 19.8. The van der Waals surface area contributed by atoms with Crippen molar-refractivity contribution in [2.24, 2.45) is 0 Å². The van der Waals surface area contributed by atoms with Crippen LogP contribution >= 0.6 is 23.4 Å². The molecule has 0 bridgehead atoms. The highest BCUT2D eigenvalue weighted by Crippen LogP contribution is 2.22. The van der Waals surface area contributed by atoms with E-state index in [9.17, 15) is 4.79 Å². The highest BCUT2D eigenvalue weighted by Gasteiger charge is 2.09. The van der Waals surface area contributed by atoms with Crippen molar-refractivity contribution in [1.82, 2.24) is 9.97 Å². The summed E-state index contributed by atoms with van der Waals surface area (Å²) in [7, 11) is 0. The van der Waals surface area contributed by atoms with Crippen LogP contribution in [0.2, 0.25) is 5.02 Å². The summed E-state index contributed by atoms with van der Waals surface area (Å²) >= 11 is 7.34. The third kappa shape index (κ3) is 3.86. The Morgan fingerprint density at radius 2 is 2.09 bits per heavy atom. The zero-order valence-electron chi connectivity index (χ0n) is 12.8. The fourth-order valence-electron chi connectivity index (χ4n) is 2.22. The van der Waals surface area contributed by atoms with Gasteiger partial charge >= 0.3 is 0 Å². The van der Waals surface area contributed by atoms with E-state index in [0.717, 1.165) is 27.4 Å². The van der Waals surface area contributed by atoms with E-state index in [2.05, 4.69) is 15.3 Å². The number of nitrogens with one attached hydrogen (secondary N) is 2. The van der Waals surface area contributed by atoms with E-state index in [-0.39, 0.29) is 11.7 Å². The fraction of sp³-hybridized carbons (Fsp3) is 0.176. The minimum absolute atomic E-state index is 0.0861. The van der Waals surface area contributed by atoms with Crippen molar-refractivity contribution in [1.29, 1.82) is 0 Å². The monoisotopic (exact) mass is 345 g/mol. The summed E-state index contributed by atoms with van der Waals surface area (Å²) in [5.41, 5.74) is 4.78. The normalized spacial score (nSPS) is 10.9. The van der Waals surface area contributed by atoms with Crippen LogP contribution in [0, 0.1) is 13.8 Å². The fourth-order valence-corrected chi connectivity index (χ4v) is 3.07. The Morgan fingerprint density at radius 3 is 2.91 bits per heavy atom. The van der Waals surface area contributed by atoms with Crippen molar-refractivity contribution in [2.45, 2.75) is 19.0 Å². The van der Waals surface area contributed by atoms with Gasteiger partial charge in [0, 0.05) is 10.7 Å². The molecule has 0 radical (unpaired) electrons. The van der Waals surface area contributed by atoms with E-state index in [1.165, 1.54) is 17.3 Å². The molecule has 0 fully saturated rings. The largest absolute Gasteiger partial charge is 0.333 e. The van der Waals surface area contributed by atoms with Gasteiger partial charge in [0.2, 0.25) is 5.91 Å². The maximum Gasteiger partial charge on any atom is 0.234 e. The number of aryl methyl sites for hydroxylation is 2. The number of H-pyrrole nitrogens is 1. The van der Waals surface area contributed by atoms with E-state index >= 15 is 0 Å². The van der Waals surface area contributed by atoms with Crippen LogP contribution < -0.4 is 5.32 Å². The maximum absolute atomic E-state index is 12.1.